The molecule has 3 aromatic heterocycles. The predicted molar refractivity (Wildman–Crippen MR) is 124 cm³/mol. The van der Waals surface area contributed by atoms with Gasteiger partial charge in [0.1, 0.15) is 9.71 Å². The Labute approximate surface area is 190 Å². The molecule has 0 aliphatic carbocycles. The highest BCUT2D eigenvalue weighted by atomic mass is 32.1. The summed E-state index contributed by atoms with van der Waals surface area (Å²) in [6.07, 6.45) is 0. The number of fused-ring (bicyclic) bond motifs is 1. The van der Waals surface area contributed by atoms with Crippen LogP contribution in [0.4, 0.5) is 0 Å². The molecule has 0 bridgehead atoms. The van der Waals surface area contributed by atoms with E-state index in [1.165, 1.54) is 11.3 Å². The van der Waals surface area contributed by atoms with Crippen molar-refractivity contribution in [1.82, 2.24) is 14.3 Å². The molecule has 4 rings (SSSR count). The van der Waals surface area contributed by atoms with Gasteiger partial charge in [-0.3, -0.25) is 4.79 Å². The molecular weight excluding hydrogens is 426 g/mol. The maximum atomic E-state index is 12.7. The van der Waals surface area contributed by atoms with E-state index in [4.69, 9.17) is 9.47 Å². The summed E-state index contributed by atoms with van der Waals surface area (Å²) in [5.41, 5.74) is 4.14. The van der Waals surface area contributed by atoms with Crippen LogP contribution in [0.5, 0.6) is 0 Å². The van der Waals surface area contributed by atoms with Crippen LogP contribution in [0.1, 0.15) is 37.1 Å². The summed E-state index contributed by atoms with van der Waals surface area (Å²) in [4.78, 5) is 26.7. The van der Waals surface area contributed by atoms with Crippen molar-refractivity contribution in [1.29, 1.82) is 0 Å². The molecule has 3 heterocycles. The number of aromatic nitrogens is 3. The molecule has 0 fully saturated rings. The second-order valence-corrected chi connectivity index (χ2v) is 8.62. The Morgan fingerprint density at radius 3 is 2.56 bits per heavy atom. The number of aryl methyl sites for hydroxylation is 2. The molecule has 0 aliphatic heterocycles. The molecule has 0 unspecified atom stereocenters. The number of carbonyl (C=O) groups excluding carboxylic acids is 2. The number of para-hydroxylation sites is 1. The van der Waals surface area contributed by atoms with Gasteiger partial charge in [-0.15, -0.1) is 11.3 Å². The van der Waals surface area contributed by atoms with Crippen LogP contribution in [0.3, 0.4) is 0 Å². The number of rotatable bonds is 8. The van der Waals surface area contributed by atoms with Crippen molar-refractivity contribution >= 4 is 33.3 Å². The van der Waals surface area contributed by atoms with Crippen LogP contribution in [0, 0.1) is 20.8 Å². The number of hydrogen-bond donors (Lipinski definition) is 0. The van der Waals surface area contributed by atoms with Gasteiger partial charge in [0.15, 0.2) is 6.61 Å². The summed E-state index contributed by atoms with van der Waals surface area (Å²) in [7, 11) is 1.65. The summed E-state index contributed by atoms with van der Waals surface area (Å²) in [5.74, 6) is -0.727. The quantitative estimate of drug-likeness (QED) is 0.291. The average Bonchev–Trinajstić information content (AvgIpc) is 3.45. The first-order valence-electron chi connectivity index (χ1n) is 10.3. The van der Waals surface area contributed by atoms with Gasteiger partial charge >= 0.3 is 5.97 Å². The summed E-state index contributed by atoms with van der Waals surface area (Å²) in [5, 5.41) is 5.49. The van der Waals surface area contributed by atoms with Crippen molar-refractivity contribution in [3.8, 4) is 5.69 Å². The zero-order valence-corrected chi connectivity index (χ0v) is 19.4. The number of esters is 1. The second kappa shape index (κ2) is 9.10. The molecule has 4 aromatic rings. The van der Waals surface area contributed by atoms with E-state index < -0.39 is 5.97 Å². The normalized spacial score (nSPS) is 11.2. The van der Waals surface area contributed by atoms with Gasteiger partial charge in [0, 0.05) is 36.0 Å². The first-order chi connectivity index (χ1) is 15.4. The van der Waals surface area contributed by atoms with Gasteiger partial charge in [-0.1, -0.05) is 18.2 Å². The molecule has 1 aromatic carbocycles. The summed E-state index contributed by atoms with van der Waals surface area (Å²) in [6.45, 7) is 6.67. The van der Waals surface area contributed by atoms with Crippen molar-refractivity contribution in [2.45, 2.75) is 27.3 Å². The molecule has 166 valence electrons. The fourth-order valence-corrected chi connectivity index (χ4v) is 4.86. The van der Waals surface area contributed by atoms with E-state index in [1.54, 1.807) is 13.2 Å². The molecule has 0 amide bonds. The largest absolute Gasteiger partial charge is 0.453 e. The van der Waals surface area contributed by atoms with Gasteiger partial charge in [0.25, 0.3) is 0 Å². The Bertz CT molecular complexity index is 1280. The van der Waals surface area contributed by atoms with E-state index in [9.17, 15) is 9.59 Å². The molecule has 7 nitrogen and oxygen atoms in total. The van der Waals surface area contributed by atoms with Crippen LogP contribution < -0.4 is 0 Å². The van der Waals surface area contributed by atoms with Gasteiger partial charge in [-0.05, 0) is 45.0 Å². The summed E-state index contributed by atoms with van der Waals surface area (Å²) in [6, 6.07) is 13.4. The minimum atomic E-state index is -0.508. The minimum Gasteiger partial charge on any atom is -0.453 e. The van der Waals surface area contributed by atoms with Gasteiger partial charge in [-0.25, -0.2) is 9.48 Å². The Morgan fingerprint density at radius 1 is 1.09 bits per heavy atom. The highest BCUT2D eigenvalue weighted by Crippen LogP contribution is 2.30. The van der Waals surface area contributed by atoms with Gasteiger partial charge in [0.05, 0.1) is 18.0 Å². The number of nitrogens with zero attached hydrogens (tertiary/aromatic N) is 3. The molecule has 8 heteroatoms. The molecule has 0 radical (unpaired) electrons. The van der Waals surface area contributed by atoms with E-state index in [0.29, 0.717) is 23.6 Å². The third-order valence-electron chi connectivity index (χ3n) is 5.47. The fraction of sp³-hybridized carbons (Fsp3) is 0.292. The zero-order chi connectivity index (χ0) is 22.8. The van der Waals surface area contributed by atoms with Crippen molar-refractivity contribution in [3.63, 3.8) is 0 Å². The van der Waals surface area contributed by atoms with Gasteiger partial charge in [0.2, 0.25) is 5.78 Å². The first-order valence-corrected chi connectivity index (χ1v) is 11.1. The zero-order valence-electron chi connectivity index (χ0n) is 18.5. The maximum Gasteiger partial charge on any atom is 0.348 e. The molecule has 0 saturated carbocycles. The molecule has 0 saturated heterocycles. The van der Waals surface area contributed by atoms with Crippen LogP contribution >= 0.6 is 11.3 Å². The third kappa shape index (κ3) is 4.11. The highest BCUT2D eigenvalue weighted by Gasteiger charge is 2.21. The van der Waals surface area contributed by atoms with E-state index >= 15 is 0 Å². The van der Waals surface area contributed by atoms with E-state index in [0.717, 1.165) is 33.0 Å². The number of methoxy groups -OCH3 is 1. The molecule has 0 spiro atoms. The van der Waals surface area contributed by atoms with Crippen molar-refractivity contribution < 1.29 is 19.1 Å². The first kappa shape index (κ1) is 22.0. The lowest BCUT2D eigenvalue weighted by atomic mass is 10.1. The lowest BCUT2D eigenvalue weighted by molar-refractivity contribution is 0.0479. The van der Waals surface area contributed by atoms with Crippen molar-refractivity contribution in [2.75, 3.05) is 20.3 Å². The maximum absolute atomic E-state index is 12.7. The van der Waals surface area contributed by atoms with Crippen LogP contribution in [0.25, 0.3) is 15.9 Å². The molecular formula is C24H25N3O4S. The number of hydrogen-bond acceptors (Lipinski definition) is 6. The van der Waals surface area contributed by atoms with Crippen molar-refractivity contribution in [3.05, 3.63) is 70.0 Å². The Hall–Kier alpha value is -3.23. The van der Waals surface area contributed by atoms with Crippen LogP contribution in [-0.4, -0.2) is 46.4 Å². The Balaban J connectivity index is 1.50. The Kier molecular flexibility index (Phi) is 6.25. The number of benzene rings is 1. The average molecular weight is 452 g/mol. The van der Waals surface area contributed by atoms with Crippen molar-refractivity contribution in [2.24, 2.45) is 0 Å². The molecule has 0 atom stereocenters. The van der Waals surface area contributed by atoms with Crippen LogP contribution in [0.2, 0.25) is 0 Å². The second-order valence-electron chi connectivity index (χ2n) is 7.59. The van der Waals surface area contributed by atoms with Gasteiger partial charge < -0.3 is 14.0 Å². The molecule has 0 aliphatic rings. The van der Waals surface area contributed by atoms with E-state index in [1.807, 2.05) is 66.4 Å². The third-order valence-corrected chi connectivity index (χ3v) is 6.56. The topological polar surface area (TPSA) is 75.3 Å². The summed E-state index contributed by atoms with van der Waals surface area (Å²) >= 11 is 1.31. The highest BCUT2D eigenvalue weighted by molar-refractivity contribution is 7.20. The SMILES string of the molecule is COCCn1c(C)cc(C(=O)COC(=O)c2cc3c(C)nn(-c4ccccc4)c3s2)c1C. The standard InChI is InChI=1S/C24H25N3O4S/c1-15-12-20(17(3)26(15)10-11-30-4)21(28)14-31-24(29)22-13-19-16(2)25-27(23(19)32-22)18-8-6-5-7-9-18/h5-9,12-13H,10-11,14H2,1-4H3. The lowest BCUT2D eigenvalue weighted by Crippen LogP contribution is -2.15. The number of ether oxygens (including phenoxy) is 2. The number of thiophene rings is 1. The monoisotopic (exact) mass is 451 g/mol. The number of ketones is 1. The van der Waals surface area contributed by atoms with Crippen LogP contribution in [-0.2, 0) is 16.0 Å². The van der Waals surface area contributed by atoms with Gasteiger partial charge in [-0.2, -0.15) is 5.10 Å². The smallest absolute Gasteiger partial charge is 0.348 e. The molecule has 32 heavy (non-hydrogen) atoms. The predicted octanol–water partition coefficient (Wildman–Crippen LogP) is 4.50. The number of carbonyl (C=O) groups is 2. The Morgan fingerprint density at radius 2 is 1.84 bits per heavy atom. The van der Waals surface area contributed by atoms with E-state index in [-0.39, 0.29) is 12.4 Å². The molecule has 0 N–H and O–H groups in total. The minimum absolute atomic E-state index is 0.220. The fourth-order valence-electron chi connectivity index (χ4n) is 3.78. The lowest BCUT2D eigenvalue weighted by Gasteiger charge is -2.09. The van der Waals surface area contributed by atoms with E-state index in [2.05, 4.69) is 5.10 Å². The number of Topliss-reactive ketones (excluding diaryl/α,β-unsaturated/α-hetero) is 1. The van der Waals surface area contributed by atoms with Crippen LogP contribution in [0.15, 0.2) is 42.5 Å². The summed E-state index contributed by atoms with van der Waals surface area (Å²) < 4.78 is 14.4.